The second kappa shape index (κ2) is 6.12. The average Bonchev–Trinajstić information content (AvgIpc) is 2.90. The van der Waals surface area contributed by atoms with Gasteiger partial charge in [-0.2, -0.15) is 0 Å². The van der Waals surface area contributed by atoms with E-state index in [4.69, 9.17) is 4.74 Å². The highest BCUT2D eigenvalue weighted by Gasteiger charge is 2.42. The summed E-state index contributed by atoms with van der Waals surface area (Å²) in [6.07, 6.45) is 5.63. The fourth-order valence-electron chi connectivity index (χ4n) is 3.33. The molecule has 0 unspecified atom stereocenters. The molecule has 0 bridgehead atoms. The zero-order chi connectivity index (χ0) is 14.8. The summed E-state index contributed by atoms with van der Waals surface area (Å²) in [5.41, 5.74) is 1.28. The summed E-state index contributed by atoms with van der Waals surface area (Å²) in [6.45, 7) is 2.93. The molecular weight excluding hydrogens is 266 g/mol. The Balaban J connectivity index is 1.57. The number of amides is 1. The van der Waals surface area contributed by atoms with E-state index in [0.717, 1.165) is 32.5 Å². The average molecular weight is 289 g/mol. The Morgan fingerprint density at radius 2 is 2.19 bits per heavy atom. The van der Waals surface area contributed by atoms with Crippen LogP contribution in [-0.4, -0.2) is 60.1 Å². The van der Waals surface area contributed by atoms with Crippen molar-refractivity contribution in [1.29, 1.82) is 0 Å². The molecular formula is C16H23N3O2. The summed E-state index contributed by atoms with van der Waals surface area (Å²) in [5, 5.41) is 0. The van der Waals surface area contributed by atoms with Crippen LogP contribution in [-0.2, 0) is 16.1 Å². The molecule has 2 saturated heterocycles. The molecule has 1 aromatic rings. The van der Waals surface area contributed by atoms with Crippen molar-refractivity contribution >= 4 is 5.91 Å². The fourth-order valence-corrected chi connectivity index (χ4v) is 3.33. The molecule has 2 aliphatic rings. The Hall–Kier alpha value is -1.46. The van der Waals surface area contributed by atoms with E-state index in [-0.39, 0.29) is 18.1 Å². The zero-order valence-electron chi connectivity index (χ0n) is 12.7. The number of rotatable bonds is 3. The van der Waals surface area contributed by atoms with Crippen LogP contribution in [0.25, 0.3) is 0 Å². The molecule has 0 aromatic carbocycles. The van der Waals surface area contributed by atoms with Crippen LogP contribution in [0.3, 0.4) is 0 Å². The Kier molecular flexibility index (Phi) is 4.22. The van der Waals surface area contributed by atoms with Crippen molar-refractivity contribution < 1.29 is 9.53 Å². The third kappa shape index (κ3) is 3.24. The van der Waals surface area contributed by atoms with Gasteiger partial charge in [-0.3, -0.25) is 14.7 Å². The van der Waals surface area contributed by atoms with Gasteiger partial charge < -0.3 is 9.64 Å². The molecule has 0 N–H and O–H groups in total. The van der Waals surface area contributed by atoms with Gasteiger partial charge in [0.1, 0.15) is 6.10 Å². The number of hydrogen-bond acceptors (Lipinski definition) is 4. The van der Waals surface area contributed by atoms with E-state index in [0.29, 0.717) is 5.92 Å². The zero-order valence-corrected chi connectivity index (χ0v) is 12.7. The second-order valence-electron chi connectivity index (χ2n) is 6.27. The standard InChI is InChI=1S/C16H23N3O2/c1-18(2)16(20)14-9-13-5-8-19(11-15(13)21-14)10-12-3-6-17-7-4-12/h3-4,6-7,13-15H,5,8-11H2,1-2H3/t13-,14+,15-/m0/s1. The van der Waals surface area contributed by atoms with Gasteiger partial charge in [-0.1, -0.05) is 0 Å². The fraction of sp³-hybridized carbons (Fsp3) is 0.625. The minimum atomic E-state index is -0.240. The molecule has 5 heteroatoms. The van der Waals surface area contributed by atoms with Gasteiger partial charge in [-0.05, 0) is 43.0 Å². The first kappa shape index (κ1) is 14.5. The topological polar surface area (TPSA) is 45.7 Å². The maximum absolute atomic E-state index is 12.0. The molecule has 0 spiro atoms. The molecule has 21 heavy (non-hydrogen) atoms. The lowest BCUT2D eigenvalue weighted by Gasteiger charge is -2.34. The number of likely N-dealkylation sites (tertiary alicyclic amines) is 1. The van der Waals surface area contributed by atoms with Crippen molar-refractivity contribution in [1.82, 2.24) is 14.8 Å². The number of nitrogens with zero attached hydrogens (tertiary/aromatic N) is 3. The number of carbonyl (C=O) groups excluding carboxylic acids is 1. The number of piperidine rings is 1. The monoisotopic (exact) mass is 289 g/mol. The number of carbonyl (C=O) groups is 1. The molecule has 0 radical (unpaired) electrons. The summed E-state index contributed by atoms with van der Waals surface area (Å²) in [6, 6.07) is 4.11. The summed E-state index contributed by atoms with van der Waals surface area (Å²) in [7, 11) is 3.59. The van der Waals surface area contributed by atoms with Crippen molar-refractivity contribution in [3.05, 3.63) is 30.1 Å². The maximum Gasteiger partial charge on any atom is 0.251 e. The largest absolute Gasteiger partial charge is 0.364 e. The third-order valence-electron chi connectivity index (χ3n) is 4.51. The maximum atomic E-state index is 12.0. The Bertz CT molecular complexity index is 492. The summed E-state index contributed by atoms with van der Waals surface area (Å²) >= 11 is 0. The molecule has 0 aliphatic carbocycles. The smallest absolute Gasteiger partial charge is 0.251 e. The van der Waals surface area contributed by atoms with Gasteiger partial charge in [0.2, 0.25) is 0 Å². The van der Waals surface area contributed by atoms with Crippen molar-refractivity contribution in [2.75, 3.05) is 27.2 Å². The normalized spacial score (nSPS) is 29.1. The molecule has 114 valence electrons. The quantitative estimate of drug-likeness (QED) is 0.837. The van der Waals surface area contributed by atoms with Crippen LogP contribution >= 0.6 is 0 Å². The molecule has 2 fully saturated rings. The predicted molar refractivity (Wildman–Crippen MR) is 79.6 cm³/mol. The molecule has 1 amide bonds. The van der Waals surface area contributed by atoms with Crippen LogP contribution in [0.2, 0.25) is 0 Å². The summed E-state index contributed by atoms with van der Waals surface area (Å²) in [4.78, 5) is 20.1. The molecule has 2 aliphatic heterocycles. The van der Waals surface area contributed by atoms with E-state index in [2.05, 4.69) is 22.0 Å². The molecule has 3 atom stereocenters. The lowest BCUT2D eigenvalue weighted by atomic mass is 9.91. The van der Waals surface area contributed by atoms with Gasteiger partial charge in [0, 0.05) is 39.6 Å². The van der Waals surface area contributed by atoms with Gasteiger partial charge >= 0.3 is 0 Å². The number of ether oxygens (including phenoxy) is 1. The van der Waals surface area contributed by atoms with Gasteiger partial charge in [-0.25, -0.2) is 0 Å². The number of fused-ring (bicyclic) bond motifs is 1. The molecule has 3 heterocycles. The van der Waals surface area contributed by atoms with Crippen molar-refractivity contribution in [2.45, 2.75) is 31.6 Å². The van der Waals surface area contributed by atoms with Gasteiger partial charge in [0.15, 0.2) is 0 Å². The van der Waals surface area contributed by atoms with Crippen molar-refractivity contribution in [2.24, 2.45) is 5.92 Å². The first-order valence-corrected chi connectivity index (χ1v) is 7.61. The van der Waals surface area contributed by atoms with E-state index < -0.39 is 0 Å². The summed E-state index contributed by atoms with van der Waals surface area (Å²) < 4.78 is 6.01. The first-order chi connectivity index (χ1) is 10.1. The van der Waals surface area contributed by atoms with Gasteiger partial charge in [-0.15, -0.1) is 0 Å². The number of pyridine rings is 1. The van der Waals surface area contributed by atoms with Crippen LogP contribution in [0.1, 0.15) is 18.4 Å². The molecule has 3 rings (SSSR count). The molecule has 0 saturated carbocycles. The van der Waals surface area contributed by atoms with E-state index >= 15 is 0 Å². The highest BCUT2D eigenvalue weighted by atomic mass is 16.5. The van der Waals surface area contributed by atoms with E-state index in [9.17, 15) is 4.79 Å². The van der Waals surface area contributed by atoms with E-state index in [1.54, 1.807) is 19.0 Å². The summed E-state index contributed by atoms with van der Waals surface area (Å²) in [5.74, 6) is 0.637. The highest BCUT2D eigenvalue weighted by molar-refractivity contribution is 5.80. The third-order valence-corrected chi connectivity index (χ3v) is 4.51. The van der Waals surface area contributed by atoms with Crippen molar-refractivity contribution in [3.63, 3.8) is 0 Å². The predicted octanol–water partition coefficient (Wildman–Crippen LogP) is 1.15. The lowest BCUT2D eigenvalue weighted by Crippen LogP contribution is -2.42. The van der Waals surface area contributed by atoms with Crippen LogP contribution in [0.15, 0.2) is 24.5 Å². The Morgan fingerprint density at radius 1 is 1.43 bits per heavy atom. The van der Waals surface area contributed by atoms with E-state index in [1.807, 2.05) is 12.4 Å². The minimum absolute atomic E-state index is 0.102. The van der Waals surface area contributed by atoms with Gasteiger partial charge in [0.25, 0.3) is 5.91 Å². The number of hydrogen-bond donors (Lipinski definition) is 0. The minimum Gasteiger partial charge on any atom is -0.364 e. The lowest BCUT2D eigenvalue weighted by molar-refractivity contribution is -0.141. The van der Waals surface area contributed by atoms with Crippen LogP contribution < -0.4 is 0 Å². The van der Waals surface area contributed by atoms with Gasteiger partial charge in [0.05, 0.1) is 6.10 Å². The van der Waals surface area contributed by atoms with Crippen LogP contribution in [0.5, 0.6) is 0 Å². The second-order valence-corrected chi connectivity index (χ2v) is 6.27. The van der Waals surface area contributed by atoms with Crippen molar-refractivity contribution in [3.8, 4) is 0 Å². The number of likely N-dealkylation sites (N-methyl/N-ethyl adjacent to an activating group) is 1. The SMILES string of the molecule is CN(C)C(=O)[C@H]1C[C@@H]2CCN(Cc3ccncc3)C[C@@H]2O1. The Labute approximate surface area is 125 Å². The van der Waals surface area contributed by atoms with E-state index in [1.165, 1.54) is 5.56 Å². The Morgan fingerprint density at radius 3 is 2.90 bits per heavy atom. The highest BCUT2D eigenvalue weighted by Crippen LogP contribution is 2.34. The van der Waals surface area contributed by atoms with Crippen LogP contribution in [0, 0.1) is 5.92 Å². The molecule has 5 nitrogen and oxygen atoms in total. The van der Waals surface area contributed by atoms with Crippen LogP contribution in [0.4, 0.5) is 0 Å². The molecule has 1 aromatic heterocycles. The first-order valence-electron chi connectivity index (χ1n) is 7.61. The number of aromatic nitrogens is 1.